The summed E-state index contributed by atoms with van der Waals surface area (Å²) in [6.07, 6.45) is 0.723. The van der Waals surface area contributed by atoms with Crippen molar-refractivity contribution in [2.24, 2.45) is 22.2 Å². The first kappa shape index (κ1) is 19.8. The van der Waals surface area contributed by atoms with Crippen LogP contribution in [0, 0.1) is 20.2 Å². The molecule has 1 rings (SSSR count). The van der Waals surface area contributed by atoms with Crippen molar-refractivity contribution in [2.75, 3.05) is 6.54 Å². The highest BCUT2D eigenvalue weighted by Gasteiger charge is 2.19. The number of hydrogen-bond donors (Lipinski definition) is 3. The molecule has 1 atom stereocenters. The highest BCUT2D eigenvalue weighted by Crippen LogP contribution is 2.23. The number of nitrogens with two attached hydrogens (primary N) is 3. The highest BCUT2D eigenvalue weighted by atomic mass is 16.6. The Morgan fingerprint density at radius 3 is 2.20 bits per heavy atom. The molecule has 1 aromatic rings. The summed E-state index contributed by atoms with van der Waals surface area (Å²) in [4.78, 5) is 35.6. The number of carbonyl (C=O) groups is 1. The van der Waals surface area contributed by atoms with Gasteiger partial charge in [0.25, 0.3) is 11.4 Å². The van der Waals surface area contributed by atoms with Crippen molar-refractivity contribution in [3.8, 4) is 0 Å². The topological polar surface area (TPSA) is 203 Å². The second-order valence-electron chi connectivity index (χ2n) is 5.03. The van der Waals surface area contributed by atoms with Gasteiger partial charge in [-0.15, -0.1) is 0 Å². The molecule has 0 aliphatic rings. The van der Waals surface area contributed by atoms with Gasteiger partial charge in [-0.2, -0.15) is 0 Å². The van der Waals surface area contributed by atoms with Gasteiger partial charge in [-0.3, -0.25) is 30.0 Å². The van der Waals surface area contributed by atoms with E-state index in [0.29, 0.717) is 13.0 Å². The Kier molecular flexibility index (Phi) is 7.21. The van der Waals surface area contributed by atoms with Crippen molar-refractivity contribution in [1.82, 2.24) is 0 Å². The number of carbonyl (C=O) groups excluding carboxylic acids is 1. The molecule has 136 valence electrons. The van der Waals surface area contributed by atoms with E-state index in [4.69, 9.17) is 21.9 Å². The fraction of sp³-hybridized carbons (Fsp3) is 0.385. The van der Waals surface area contributed by atoms with E-state index >= 15 is 0 Å². The second-order valence-corrected chi connectivity index (χ2v) is 5.03. The minimum Gasteiger partial charge on any atom is -0.460 e. The number of ether oxygens (including phenoxy) is 1. The molecule has 0 bridgehead atoms. The quantitative estimate of drug-likeness (QED) is 0.135. The fourth-order valence-corrected chi connectivity index (χ4v) is 1.85. The first-order chi connectivity index (χ1) is 11.7. The van der Waals surface area contributed by atoms with Crippen LogP contribution >= 0.6 is 0 Å². The molecule has 0 aliphatic heterocycles. The molecule has 0 spiro atoms. The molecule has 0 saturated carbocycles. The second kappa shape index (κ2) is 9.12. The highest BCUT2D eigenvalue weighted by molar-refractivity contribution is 5.76. The zero-order valence-corrected chi connectivity index (χ0v) is 13.2. The first-order valence-electron chi connectivity index (χ1n) is 7.11. The van der Waals surface area contributed by atoms with Crippen molar-refractivity contribution in [1.29, 1.82) is 0 Å². The number of nitro groups is 2. The fourth-order valence-electron chi connectivity index (χ4n) is 1.85. The van der Waals surface area contributed by atoms with E-state index in [1.54, 1.807) is 0 Å². The number of non-ortho nitro benzene ring substituents is 2. The SMILES string of the molecule is NC(N)=NCCC[C@@H](N)C(=O)OCc1cc([N+](=O)[O-])cc([N+](=O)[O-])c1. The van der Waals surface area contributed by atoms with Gasteiger partial charge in [0.1, 0.15) is 12.6 Å². The number of esters is 1. The molecule has 0 heterocycles. The van der Waals surface area contributed by atoms with Crippen molar-refractivity contribution < 1.29 is 19.4 Å². The molecule has 0 aliphatic carbocycles. The number of rotatable bonds is 9. The van der Waals surface area contributed by atoms with Gasteiger partial charge in [-0.05, 0) is 12.8 Å². The van der Waals surface area contributed by atoms with Gasteiger partial charge in [0.2, 0.25) is 0 Å². The zero-order valence-electron chi connectivity index (χ0n) is 13.2. The molecule has 0 fully saturated rings. The number of nitrogens with zero attached hydrogens (tertiary/aromatic N) is 3. The van der Waals surface area contributed by atoms with E-state index in [1.165, 1.54) is 0 Å². The maximum absolute atomic E-state index is 11.8. The number of benzene rings is 1. The lowest BCUT2D eigenvalue weighted by Gasteiger charge is -2.11. The lowest BCUT2D eigenvalue weighted by molar-refractivity contribution is -0.394. The summed E-state index contributed by atoms with van der Waals surface area (Å²) in [5, 5.41) is 21.6. The Bertz CT molecular complexity index is 655. The van der Waals surface area contributed by atoms with Crippen LogP contribution < -0.4 is 17.2 Å². The molecule has 12 heteroatoms. The van der Waals surface area contributed by atoms with Crippen LogP contribution in [0.4, 0.5) is 11.4 Å². The summed E-state index contributed by atoms with van der Waals surface area (Å²) >= 11 is 0. The number of hydrogen-bond acceptors (Lipinski definition) is 8. The van der Waals surface area contributed by atoms with Gasteiger partial charge in [0.15, 0.2) is 5.96 Å². The number of guanidine groups is 1. The zero-order chi connectivity index (χ0) is 19.0. The third kappa shape index (κ3) is 6.78. The van der Waals surface area contributed by atoms with Crippen LogP contribution in [0.3, 0.4) is 0 Å². The molecular weight excluding hydrogens is 336 g/mol. The molecule has 0 amide bonds. The van der Waals surface area contributed by atoms with Gasteiger partial charge >= 0.3 is 5.97 Å². The Labute approximate surface area is 141 Å². The molecule has 25 heavy (non-hydrogen) atoms. The maximum Gasteiger partial charge on any atom is 0.323 e. The summed E-state index contributed by atoms with van der Waals surface area (Å²) in [5.41, 5.74) is 15.1. The molecular formula is C13H18N6O6. The van der Waals surface area contributed by atoms with Crippen LogP contribution in [0.1, 0.15) is 18.4 Å². The smallest absolute Gasteiger partial charge is 0.323 e. The van der Waals surface area contributed by atoms with E-state index in [-0.39, 0.29) is 24.6 Å². The van der Waals surface area contributed by atoms with Crippen molar-refractivity contribution in [3.05, 3.63) is 44.0 Å². The predicted octanol–water partition coefficient (Wildman–Crippen LogP) is -0.0729. The maximum atomic E-state index is 11.8. The molecule has 12 nitrogen and oxygen atoms in total. The van der Waals surface area contributed by atoms with Crippen LogP contribution in [-0.2, 0) is 16.1 Å². The molecule has 0 unspecified atom stereocenters. The standard InChI is InChI=1S/C13H18N6O6/c14-11(2-1-3-17-13(15)16)12(20)25-7-8-4-9(18(21)22)6-10(5-8)19(23)24/h4-6,11H,1-3,7,14H2,(H4,15,16,17)/t11-/m1/s1. The van der Waals surface area contributed by atoms with E-state index in [1.807, 2.05) is 0 Å². The van der Waals surface area contributed by atoms with Crippen molar-refractivity contribution in [3.63, 3.8) is 0 Å². The molecule has 0 aromatic heterocycles. The third-order valence-corrected chi connectivity index (χ3v) is 3.04. The lowest BCUT2D eigenvalue weighted by atomic mass is 10.1. The van der Waals surface area contributed by atoms with E-state index in [0.717, 1.165) is 18.2 Å². The van der Waals surface area contributed by atoms with Crippen LogP contribution in [0.5, 0.6) is 0 Å². The Morgan fingerprint density at radius 2 is 1.72 bits per heavy atom. The predicted molar refractivity (Wildman–Crippen MR) is 87.4 cm³/mol. The molecule has 1 aromatic carbocycles. The Morgan fingerprint density at radius 1 is 1.16 bits per heavy atom. The monoisotopic (exact) mass is 354 g/mol. The normalized spacial score (nSPS) is 11.4. The van der Waals surface area contributed by atoms with Gasteiger partial charge in [-0.1, -0.05) is 0 Å². The summed E-state index contributed by atoms with van der Waals surface area (Å²) in [6, 6.07) is 2.07. The van der Waals surface area contributed by atoms with Crippen LogP contribution in [-0.4, -0.2) is 34.4 Å². The van der Waals surface area contributed by atoms with Crippen LogP contribution in [0.25, 0.3) is 0 Å². The molecule has 0 saturated heterocycles. The Hall–Kier alpha value is -3.28. The van der Waals surface area contributed by atoms with Gasteiger partial charge in [-0.25, -0.2) is 0 Å². The van der Waals surface area contributed by atoms with E-state index in [9.17, 15) is 25.0 Å². The number of aliphatic imine (C=N–C) groups is 1. The number of nitro benzene ring substituents is 2. The average Bonchev–Trinajstić information content (AvgIpc) is 2.55. The summed E-state index contributed by atoms with van der Waals surface area (Å²) in [7, 11) is 0. The van der Waals surface area contributed by atoms with Gasteiger partial charge in [0.05, 0.1) is 15.9 Å². The van der Waals surface area contributed by atoms with E-state index in [2.05, 4.69) is 4.99 Å². The molecule has 6 N–H and O–H groups in total. The largest absolute Gasteiger partial charge is 0.460 e. The lowest BCUT2D eigenvalue weighted by Crippen LogP contribution is -2.32. The average molecular weight is 354 g/mol. The minimum absolute atomic E-state index is 0.0663. The van der Waals surface area contributed by atoms with Crippen molar-refractivity contribution in [2.45, 2.75) is 25.5 Å². The first-order valence-corrected chi connectivity index (χ1v) is 7.11. The summed E-state index contributed by atoms with van der Waals surface area (Å²) < 4.78 is 4.94. The van der Waals surface area contributed by atoms with Crippen LogP contribution in [0.2, 0.25) is 0 Å². The van der Waals surface area contributed by atoms with Gasteiger partial charge in [0, 0.05) is 24.2 Å². The third-order valence-electron chi connectivity index (χ3n) is 3.04. The van der Waals surface area contributed by atoms with E-state index < -0.39 is 33.2 Å². The van der Waals surface area contributed by atoms with Crippen LogP contribution in [0.15, 0.2) is 23.2 Å². The van der Waals surface area contributed by atoms with Crippen molar-refractivity contribution >= 4 is 23.3 Å². The summed E-state index contributed by atoms with van der Waals surface area (Å²) in [6.45, 7) is -0.0661. The summed E-state index contributed by atoms with van der Waals surface area (Å²) in [5.74, 6) is -0.803. The molecule has 0 radical (unpaired) electrons. The minimum atomic E-state index is -0.928. The van der Waals surface area contributed by atoms with Gasteiger partial charge < -0.3 is 21.9 Å². The Balaban J connectivity index is 2.64.